The van der Waals surface area contributed by atoms with Crippen molar-refractivity contribution in [2.24, 2.45) is 7.05 Å². The van der Waals surface area contributed by atoms with Gasteiger partial charge >= 0.3 is 6.03 Å². The molecule has 0 fully saturated rings. The first kappa shape index (κ1) is 20.6. The lowest BCUT2D eigenvalue weighted by molar-refractivity contribution is 0.262. The predicted octanol–water partition coefficient (Wildman–Crippen LogP) is 6.61. The molecule has 164 valence electrons. The van der Waals surface area contributed by atoms with Gasteiger partial charge < -0.3 is 20.1 Å². The minimum atomic E-state index is -0.259. The highest BCUT2D eigenvalue weighted by atomic mass is 16.2. The minimum Gasteiger partial charge on any atom is -0.370 e. The SMILES string of the molecule is CN(Cc1cccc(NC(=O)Nc2ccc3c(ccn3C)c2)c1)c1cccc2ccccc12. The fourth-order valence-electron chi connectivity index (χ4n) is 4.30. The Balaban J connectivity index is 1.27. The Kier molecular flexibility index (Phi) is 5.45. The van der Waals surface area contributed by atoms with E-state index in [9.17, 15) is 4.79 Å². The van der Waals surface area contributed by atoms with Crippen LogP contribution in [0.3, 0.4) is 0 Å². The fraction of sp³-hybridized carbons (Fsp3) is 0.107. The molecule has 2 N–H and O–H groups in total. The Hall–Kier alpha value is -4.25. The Morgan fingerprint density at radius 2 is 1.58 bits per heavy atom. The summed E-state index contributed by atoms with van der Waals surface area (Å²) in [6, 6.07) is 30.4. The fourth-order valence-corrected chi connectivity index (χ4v) is 4.30. The van der Waals surface area contributed by atoms with E-state index in [0.29, 0.717) is 0 Å². The van der Waals surface area contributed by atoms with Crippen LogP contribution in [0.2, 0.25) is 0 Å². The summed E-state index contributed by atoms with van der Waals surface area (Å²) >= 11 is 0. The number of aromatic nitrogens is 1. The number of carbonyl (C=O) groups excluding carboxylic acids is 1. The van der Waals surface area contributed by atoms with E-state index in [4.69, 9.17) is 0 Å². The normalized spacial score (nSPS) is 11.0. The maximum atomic E-state index is 12.6. The molecule has 0 saturated carbocycles. The van der Waals surface area contributed by atoms with Crippen LogP contribution in [-0.4, -0.2) is 17.6 Å². The van der Waals surface area contributed by atoms with Gasteiger partial charge in [-0.3, -0.25) is 0 Å². The molecule has 0 aliphatic carbocycles. The second-order valence-corrected chi connectivity index (χ2v) is 8.33. The summed E-state index contributed by atoms with van der Waals surface area (Å²) in [5.41, 5.74) is 4.95. The Labute approximate surface area is 193 Å². The molecule has 5 aromatic rings. The maximum Gasteiger partial charge on any atom is 0.323 e. The van der Waals surface area contributed by atoms with Crippen molar-refractivity contribution in [3.63, 3.8) is 0 Å². The summed E-state index contributed by atoms with van der Waals surface area (Å²) in [6.45, 7) is 0.732. The van der Waals surface area contributed by atoms with Crippen LogP contribution in [0.5, 0.6) is 0 Å². The number of anilines is 3. The van der Waals surface area contributed by atoms with E-state index < -0.39 is 0 Å². The highest BCUT2D eigenvalue weighted by Crippen LogP contribution is 2.27. The molecule has 0 radical (unpaired) electrons. The molecular formula is C28H26N4O. The van der Waals surface area contributed by atoms with E-state index in [0.717, 1.165) is 34.4 Å². The van der Waals surface area contributed by atoms with Crippen molar-refractivity contribution in [2.45, 2.75) is 6.54 Å². The molecule has 5 rings (SSSR count). The Bertz CT molecular complexity index is 1450. The lowest BCUT2D eigenvalue weighted by Crippen LogP contribution is -2.20. The average molecular weight is 435 g/mol. The zero-order chi connectivity index (χ0) is 22.8. The Morgan fingerprint density at radius 3 is 2.45 bits per heavy atom. The molecule has 0 bridgehead atoms. The second kappa shape index (κ2) is 8.71. The monoisotopic (exact) mass is 434 g/mol. The molecule has 0 aliphatic heterocycles. The molecule has 5 nitrogen and oxygen atoms in total. The first-order valence-electron chi connectivity index (χ1n) is 11.0. The Morgan fingerprint density at radius 1 is 0.818 bits per heavy atom. The van der Waals surface area contributed by atoms with Gasteiger partial charge in [0.2, 0.25) is 0 Å². The maximum absolute atomic E-state index is 12.6. The number of benzene rings is 4. The summed E-state index contributed by atoms with van der Waals surface area (Å²) in [5.74, 6) is 0. The number of amides is 2. The van der Waals surface area contributed by atoms with E-state index in [-0.39, 0.29) is 6.03 Å². The highest BCUT2D eigenvalue weighted by molar-refractivity contribution is 6.01. The van der Waals surface area contributed by atoms with Crippen molar-refractivity contribution >= 4 is 44.8 Å². The number of hydrogen-bond acceptors (Lipinski definition) is 2. The molecular weight excluding hydrogens is 408 g/mol. The zero-order valence-corrected chi connectivity index (χ0v) is 18.7. The summed E-state index contributed by atoms with van der Waals surface area (Å²) in [5, 5.41) is 9.43. The van der Waals surface area contributed by atoms with Crippen molar-refractivity contribution in [1.29, 1.82) is 0 Å². The minimum absolute atomic E-state index is 0.259. The number of fused-ring (bicyclic) bond motifs is 2. The van der Waals surface area contributed by atoms with Crippen LogP contribution in [-0.2, 0) is 13.6 Å². The van der Waals surface area contributed by atoms with Crippen molar-refractivity contribution in [3.05, 3.63) is 103 Å². The zero-order valence-electron chi connectivity index (χ0n) is 18.7. The molecule has 1 aromatic heterocycles. The van der Waals surface area contributed by atoms with Crippen LogP contribution in [0, 0.1) is 0 Å². The number of urea groups is 1. The van der Waals surface area contributed by atoms with Gasteiger partial charge in [0.1, 0.15) is 0 Å². The molecule has 5 heteroatoms. The van der Waals surface area contributed by atoms with Gasteiger partial charge in [-0.05, 0) is 53.4 Å². The first-order chi connectivity index (χ1) is 16.1. The molecule has 0 aliphatic rings. The van der Waals surface area contributed by atoms with E-state index >= 15 is 0 Å². The lowest BCUT2D eigenvalue weighted by Gasteiger charge is -2.22. The quantitative estimate of drug-likeness (QED) is 0.327. The molecule has 4 aromatic carbocycles. The number of carbonyl (C=O) groups is 1. The molecule has 2 amide bonds. The van der Waals surface area contributed by atoms with Gasteiger partial charge in [0.05, 0.1) is 0 Å². The van der Waals surface area contributed by atoms with Crippen LogP contribution >= 0.6 is 0 Å². The molecule has 1 heterocycles. The smallest absolute Gasteiger partial charge is 0.323 e. The summed E-state index contributed by atoms with van der Waals surface area (Å²) in [4.78, 5) is 14.8. The summed E-state index contributed by atoms with van der Waals surface area (Å²) < 4.78 is 2.06. The van der Waals surface area contributed by atoms with E-state index in [2.05, 4.69) is 75.7 Å². The van der Waals surface area contributed by atoms with Gasteiger partial charge in [0.15, 0.2) is 0 Å². The molecule has 0 spiro atoms. The van der Waals surface area contributed by atoms with Gasteiger partial charge in [0.25, 0.3) is 0 Å². The first-order valence-corrected chi connectivity index (χ1v) is 11.0. The van der Waals surface area contributed by atoms with E-state index in [1.165, 1.54) is 16.5 Å². The molecule has 0 atom stereocenters. The third-order valence-electron chi connectivity index (χ3n) is 5.93. The van der Waals surface area contributed by atoms with Crippen LogP contribution < -0.4 is 15.5 Å². The number of rotatable bonds is 5. The van der Waals surface area contributed by atoms with E-state index in [1.807, 2.05) is 55.7 Å². The largest absolute Gasteiger partial charge is 0.370 e. The number of nitrogens with zero attached hydrogens (tertiary/aromatic N) is 2. The summed E-state index contributed by atoms with van der Waals surface area (Å²) in [7, 11) is 4.10. The average Bonchev–Trinajstić information content (AvgIpc) is 3.18. The van der Waals surface area contributed by atoms with Crippen LogP contribution in [0.1, 0.15) is 5.56 Å². The number of nitrogens with one attached hydrogen (secondary N) is 2. The van der Waals surface area contributed by atoms with Gasteiger partial charge in [0, 0.05) is 60.2 Å². The van der Waals surface area contributed by atoms with Crippen molar-refractivity contribution in [2.75, 3.05) is 22.6 Å². The van der Waals surface area contributed by atoms with Gasteiger partial charge in [-0.2, -0.15) is 0 Å². The van der Waals surface area contributed by atoms with Crippen LogP contribution in [0.25, 0.3) is 21.7 Å². The van der Waals surface area contributed by atoms with Crippen molar-refractivity contribution in [1.82, 2.24) is 4.57 Å². The van der Waals surface area contributed by atoms with E-state index in [1.54, 1.807) is 0 Å². The topological polar surface area (TPSA) is 49.3 Å². The molecule has 0 unspecified atom stereocenters. The highest BCUT2D eigenvalue weighted by Gasteiger charge is 2.09. The molecule has 33 heavy (non-hydrogen) atoms. The second-order valence-electron chi connectivity index (χ2n) is 8.33. The van der Waals surface area contributed by atoms with Gasteiger partial charge in [-0.1, -0.05) is 48.5 Å². The van der Waals surface area contributed by atoms with Gasteiger partial charge in [-0.25, -0.2) is 4.79 Å². The third kappa shape index (κ3) is 4.39. The van der Waals surface area contributed by atoms with Crippen molar-refractivity contribution in [3.8, 4) is 0 Å². The van der Waals surface area contributed by atoms with Crippen LogP contribution in [0.4, 0.5) is 21.9 Å². The third-order valence-corrected chi connectivity index (χ3v) is 5.93. The standard InChI is InChI=1S/C28H26N4O/c1-31-16-15-22-18-24(13-14-26(22)31)30-28(33)29-23-10-5-7-20(17-23)19-32(2)27-12-6-9-21-8-3-4-11-25(21)27/h3-18H,19H2,1-2H3,(H2,29,30,33). The number of hydrogen-bond donors (Lipinski definition) is 2. The predicted molar refractivity (Wildman–Crippen MR) is 138 cm³/mol. The van der Waals surface area contributed by atoms with Crippen LogP contribution in [0.15, 0.2) is 97.2 Å². The summed E-state index contributed by atoms with van der Waals surface area (Å²) in [6.07, 6.45) is 2.01. The van der Waals surface area contributed by atoms with Crippen molar-refractivity contribution < 1.29 is 4.79 Å². The molecule has 0 saturated heterocycles. The lowest BCUT2D eigenvalue weighted by atomic mass is 10.1. The number of aryl methyl sites for hydroxylation is 1. The van der Waals surface area contributed by atoms with Gasteiger partial charge in [-0.15, -0.1) is 0 Å².